The molecule has 0 atom stereocenters. The highest BCUT2D eigenvalue weighted by atomic mass is 32.2. The van der Waals surface area contributed by atoms with Crippen LogP contribution < -0.4 is 14.4 Å². The lowest BCUT2D eigenvalue weighted by Gasteiger charge is -2.25. The lowest BCUT2D eigenvalue weighted by molar-refractivity contribution is 0.346. The largest absolute Gasteiger partial charge is 0.493 e. The monoisotopic (exact) mass is 472 g/mol. The van der Waals surface area contributed by atoms with Gasteiger partial charge in [0.15, 0.2) is 11.5 Å². The van der Waals surface area contributed by atoms with Crippen LogP contribution >= 0.6 is 0 Å². The Hall–Kier alpha value is -2.78. The molecule has 0 amide bonds. The minimum absolute atomic E-state index is 0.317. The fraction of sp³-hybridized carbons (Fsp3) is 0.458. The number of sulfonamides is 1. The Morgan fingerprint density at radius 1 is 1.00 bits per heavy atom. The maximum Gasteiger partial charge on any atom is 0.243 e. The summed E-state index contributed by atoms with van der Waals surface area (Å²) in [6.45, 7) is 4.55. The number of imidazole rings is 1. The van der Waals surface area contributed by atoms with E-state index in [2.05, 4.69) is 16.4 Å². The number of anilines is 1. The number of rotatable bonds is 8. The molecule has 1 aliphatic heterocycles. The summed E-state index contributed by atoms with van der Waals surface area (Å²) in [5.74, 6) is 2.22. The van der Waals surface area contributed by atoms with E-state index in [1.54, 1.807) is 30.7 Å². The van der Waals surface area contributed by atoms with E-state index in [1.807, 2.05) is 31.3 Å². The van der Waals surface area contributed by atoms with Gasteiger partial charge in [-0.05, 0) is 50.1 Å². The van der Waals surface area contributed by atoms with Gasteiger partial charge in [-0.25, -0.2) is 13.4 Å². The fourth-order valence-corrected chi connectivity index (χ4v) is 5.95. The molecule has 2 aromatic carbocycles. The van der Waals surface area contributed by atoms with Crippen LogP contribution in [0.5, 0.6) is 11.5 Å². The summed E-state index contributed by atoms with van der Waals surface area (Å²) >= 11 is 0. The summed E-state index contributed by atoms with van der Waals surface area (Å²) in [5.41, 5.74) is 2.60. The molecule has 8 nitrogen and oxygen atoms in total. The van der Waals surface area contributed by atoms with E-state index in [0.29, 0.717) is 41.5 Å². The lowest BCUT2D eigenvalue weighted by atomic mass is 10.2. The van der Waals surface area contributed by atoms with Gasteiger partial charge in [-0.1, -0.05) is 6.42 Å². The minimum Gasteiger partial charge on any atom is -0.493 e. The minimum atomic E-state index is -3.50. The van der Waals surface area contributed by atoms with Gasteiger partial charge in [0.2, 0.25) is 10.0 Å². The van der Waals surface area contributed by atoms with Crippen LogP contribution in [0.4, 0.5) is 5.69 Å². The number of ether oxygens (including phenoxy) is 2. The van der Waals surface area contributed by atoms with Crippen LogP contribution in [0.1, 0.15) is 32.0 Å². The molecule has 9 heteroatoms. The molecular weight excluding hydrogens is 440 g/mol. The maximum absolute atomic E-state index is 13.1. The van der Waals surface area contributed by atoms with Gasteiger partial charge in [0.05, 0.1) is 36.7 Å². The first kappa shape index (κ1) is 23.4. The molecule has 1 aliphatic rings. The summed E-state index contributed by atoms with van der Waals surface area (Å²) < 4.78 is 40.8. The van der Waals surface area contributed by atoms with Gasteiger partial charge in [-0.2, -0.15) is 4.31 Å². The average Bonchev–Trinajstić information content (AvgIpc) is 3.20. The topological polar surface area (TPSA) is 76.9 Å². The molecule has 0 unspecified atom stereocenters. The van der Waals surface area contributed by atoms with E-state index in [1.165, 1.54) is 0 Å². The first-order valence-electron chi connectivity index (χ1n) is 11.3. The molecule has 33 heavy (non-hydrogen) atoms. The third-order valence-corrected chi connectivity index (χ3v) is 8.15. The van der Waals surface area contributed by atoms with Crippen LogP contribution in [0.3, 0.4) is 0 Å². The van der Waals surface area contributed by atoms with Crippen LogP contribution in [0.15, 0.2) is 41.3 Å². The van der Waals surface area contributed by atoms with Gasteiger partial charge < -0.3 is 18.9 Å². The van der Waals surface area contributed by atoms with Gasteiger partial charge in [0.25, 0.3) is 0 Å². The summed E-state index contributed by atoms with van der Waals surface area (Å²) in [6.07, 6.45) is 2.92. The molecule has 2 heterocycles. The molecule has 178 valence electrons. The zero-order chi connectivity index (χ0) is 23.6. The van der Waals surface area contributed by atoms with Crippen LogP contribution in [-0.2, 0) is 23.1 Å². The molecule has 0 aliphatic carbocycles. The number of methoxy groups -OCH3 is 2. The molecule has 0 radical (unpaired) electrons. The van der Waals surface area contributed by atoms with Crippen molar-refractivity contribution in [1.82, 2.24) is 13.9 Å². The molecule has 0 bridgehead atoms. The van der Waals surface area contributed by atoms with Gasteiger partial charge in [-0.15, -0.1) is 0 Å². The van der Waals surface area contributed by atoms with E-state index in [0.717, 1.165) is 42.8 Å². The Kier molecular flexibility index (Phi) is 6.81. The number of aryl methyl sites for hydroxylation is 1. The van der Waals surface area contributed by atoms with Crippen LogP contribution in [0, 0.1) is 0 Å². The molecule has 0 spiro atoms. The number of fused-ring (bicyclic) bond motifs is 1. The Morgan fingerprint density at radius 2 is 1.73 bits per heavy atom. The first-order chi connectivity index (χ1) is 15.9. The zero-order valence-corrected chi connectivity index (χ0v) is 20.6. The molecule has 0 saturated carbocycles. The second kappa shape index (κ2) is 9.61. The first-order valence-corrected chi connectivity index (χ1v) is 12.8. The normalized spacial score (nSPS) is 15.0. The highest BCUT2D eigenvalue weighted by molar-refractivity contribution is 7.89. The van der Waals surface area contributed by atoms with Crippen molar-refractivity contribution in [2.45, 2.75) is 44.2 Å². The second-order valence-electron chi connectivity index (χ2n) is 8.28. The van der Waals surface area contributed by atoms with E-state index in [4.69, 9.17) is 14.5 Å². The van der Waals surface area contributed by atoms with Crippen molar-refractivity contribution in [2.24, 2.45) is 0 Å². The van der Waals surface area contributed by atoms with E-state index in [9.17, 15) is 8.42 Å². The van der Waals surface area contributed by atoms with Crippen LogP contribution in [0.2, 0.25) is 0 Å². The standard InChI is InChI=1S/C24H32N4O4S/c1-5-28-21-11-10-19(33(29,30)27-13-7-6-8-14-27)16-20(21)25-24(28)17-26(2)18-9-12-22(31-3)23(15-18)32-4/h9-12,15-16H,5-8,13-14,17H2,1-4H3. The molecule has 0 N–H and O–H groups in total. The van der Waals surface area contributed by atoms with E-state index < -0.39 is 10.0 Å². The average molecular weight is 473 g/mol. The molecule has 3 aromatic rings. The van der Waals surface area contributed by atoms with Crippen molar-refractivity contribution < 1.29 is 17.9 Å². The summed E-state index contributed by atoms with van der Waals surface area (Å²) in [7, 11) is 1.73. The maximum atomic E-state index is 13.1. The smallest absolute Gasteiger partial charge is 0.243 e. The van der Waals surface area contributed by atoms with Crippen LogP contribution in [0.25, 0.3) is 11.0 Å². The summed E-state index contributed by atoms with van der Waals surface area (Å²) in [6, 6.07) is 11.1. The number of piperidine rings is 1. The van der Waals surface area contributed by atoms with Gasteiger partial charge in [0, 0.05) is 38.4 Å². The van der Waals surface area contributed by atoms with Crippen molar-refractivity contribution in [3.05, 3.63) is 42.2 Å². The highest BCUT2D eigenvalue weighted by Crippen LogP contribution is 2.32. The predicted octanol–water partition coefficient (Wildman–Crippen LogP) is 3.88. The quantitative estimate of drug-likeness (QED) is 0.495. The van der Waals surface area contributed by atoms with Crippen molar-refractivity contribution in [3.8, 4) is 11.5 Å². The Balaban J connectivity index is 1.64. The number of aromatic nitrogens is 2. The van der Waals surface area contributed by atoms with Crippen molar-refractivity contribution in [3.63, 3.8) is 0 Å². The predicted molar refractivity (Wildman–Crippen MR) is 130 cm³/mol. The number of hydrogen-bond donors (Lipinski definition) is 0. The van der Waals surface area contributed by atoms with E-state index >= 15 is 0 Å². The zero-order valence-electron chi connectivity index (χ0n) is 19.7. The SMILES string of the molecule is CCn1c(CN(C)c2ccc(OC)c(OC)c2)nc2cc(S(=O)(=O)N3CCCCC3)ccc21. The Bertz CT molecular complexity index is 1230. The number of benzene rings is 2. The molecule has 1 fully saturated rings. The third-order valence-electron chi connectivity index (χ3n) is 6.25. The lowest BCUT2D eigenvalue weighted by Crippen LogP contribution is -2.35. The summed E-state index contributed by atoms with van der Waals surface area (Å²) in [4.78, 5) is 7.23. The number of nitrogens with zero attached hydrogens (tertiary/aromatic N) is 4. The fourth-order valence-electron chi connectivity index (χ4n) is 4.41. The van der Waals surface area contributed by atoms with Gasteiger partial charge in [-0.3, -0.25) is 0 Å². The second-order valence-corrected chi connectivity index (χ2v) is 10.2. The van der Waals surface area contributed by atoms with E-state index in [-0.39, 0.29) is 0 Å². The van der Waals surface area contributed by atoms with Gasteiger partial charge in [0.1, 0.15) is 5.82 Å². The third kappa shape index (κ3) is 4.52. The van der Waals surface area contributed by atoms with Gasteiger partial charge >= 0.3 is 0 Å². The Morgan fingerprint density at radius 3 is 2.39 bits per heavy atom. The van der Waals surface area contributed by atoms with Crippen molar-refractivity contribution in [2.75, 3.05) is 39.3 Å². The molecular formula is C24H32N4O4S. The molecule has 4 rings (SSSR count). The Labute approximate surface area is 195 Å². The van der Waals surface area contributed by atoms with Crippen molar-refractivity contribution >= 4 is 26.7 Å². The molecule has 1 saturated heterocycles. The molecule has 1 aromatic heterocycles. The highest BCUT2D eigenvalue weighted by Gasteiger charge is 2.26. The number of hydrogen-bond acceptors (Lipinski definition) is 6. The summed E-state index contributed by atoms with van der Waals surface area (Å²) in [5, 5.41) is 0. The van der Waals surface area contributed by atoms with Crippen molar-refractivity contribution in [1.29, 1.82) is 0 Å². The van der Waals surface area contributed by atoms with Crippen LogP contribution in [-0.4, -0.2) is 56.6 Å².